The van der Waals surface area contributed by atoms with E-state index in [1.807, 2.05) is 23.2 Å². The van der Waals surface area contributed by atoms with Gasteiger partial charge in [0.2, 0.25) is 5.70 Å². The van der Waals surface area contributed by atoms with Crippen LogP contribution in [0.25, 0.3) is 11.4 Å². The number of quaternary nitrogens is 1. The van der Waals surface area contributed by atoms with Crippen LogP contribution in [0.3, 0.4) is 0 Å². The molecule has 0 radical (unpaired) electrons. The summed E-state index contributed by atoms with van der Waals surface area (Å²) in [7, 11) is 0. The molecule has 3 aromatic rings. The molecular weight excluding hydrogens is 423 g/mol. The number of hydrogen-bond donors (Lipinski definition) is 0. The van der Waals surface area contributed by atoms with E-state index in [9.17, 15) is 9.18 Å². The average molecular weight is 445 g/mol. The maximum absolute atomic E-state index is 13.6. The first kappa shape index (κ1) is 21.0. The molecule has 1 saturated heterocycles. The lowest BCUT2D eigenvalue weighted by Crippen LogP contribution is -2.55. The van der Waals surface area contributed by atoms with Crippen LogP contribution in [0.15, 0.2) is 77.2 Å². The Morgan fingerprint density at radius 3 is 2.45 bits per heavy atom. The molecule has 9 heteroatoms. The van der Waals surface area contributed by atoms with E-state index in [1.165, 1.54) is 12.1 Å². The lowest BCUT2D eigenvalue weighted by atomic mass is 10.1. The minimum Gasteiger partial charge on any atom is -0.424 e. The summed E-state index contributed by atoms with van der Waals surface area (Å²) < 4.78 is 19.0. The Kier molecular flexibility index (Phi) is 5.72. The van der Waals surface area contributed by atoms with E-state index in [-0.39, 0.29) is 11.8 Å². The maximum atomic E-state index is 13.6. The van der Waals surface area contributed by atoms with Gasteiger partial charge in [-0.1, -0.05) is 29.7 Å². The Labute approximate surface area is 190 Å². The van der Waals surface area contributed by atoms with Crippen LogP contribution in [0.4, 0.5) is 4.39 Å². The predicted octanol–water partition coefficient (Wildman–Crippen LogP) is 4.99. The third kappa shape index (κ3) is 4.04. The van der Waals surface area contributed by atoms with Crippen LogP contribution in [0.5, 0.6) is 11.8 Å². The van der Waals surface area contributed by atoms with E-state index >= 15 is 0 Å². The molecule has 1 fully saturated rings. The molecule has 166 valence electrons. The SMILES string of the molecule is O=C[N+]1(N2CCCCC2)N=NC(c2ccc(F)cc2)=C1c1ccnc(Oc2ccccc2)n1. The molecule has 2 aliphatic heterocycles. The van der Waals surface area contributed by atoms with Crippen molar-refractivity contribution >= 4 is 17.8 Å². The van der Waals surface area contributed by atoms with Crippen LogP contribution in [0.1, 0.15) is 30.5 Å². The van der Waals surface area contributed by atoms with Crippen LogP contribution in [0, 0.1) is 5.82 Å². The molecule has 1 aromatic heterocycles. The Hall–Kier alpha value is -3.82. The predicted molar refractivity (Wildman–Crippen MR) is 118 cm³/mol. The number of nitrogens with zero attached hydrogens (tertiary/aromatic N) is 6. The molecule has 8 nitrogen and oxygen atoms in total. The highest BCUT2D eigenvalue weighted by Gasteiger charge is 2.50. The van der Waals surface area contributed by atoms with Gasteiger partial charge < -0.3 is 4.74 Å². The number of ether oxygens (including phenoxy) is 1. The minimum absolute atomic E-state index is 0.138. The van der Waals surface area contributed by atoms with E-state index in [1.54, 1.807) is 36.5 Å². The van der Waals surface area contributed by atoms with Crippen molar-refractivity contribution < 1.29 is 18.6 Å². The Morgan fingerprint density at radius 1 is 0.970 bits per heavy atom. The molecule has 2 aromatic carbocycles. The van der Waals surface area contributed by atoms with Crippen molar-refractivity contribution in [2.75, 3.05) is 13.1 Å². The highest BCUT2D eigenvalue weighted by molar-refractivity contribution is 5.88. The summed E-state index contributed by atoms with van der Waals surface area (Å²) >= 11 is 0. The molecule has 5 rings (SSSR count). The second-order valence-electron chi connectivity index (χ2n) is 7.80. The summed E-state index contributed by atoms with van der Waals surface area (Å²) in [6.45, 7) is 1.38. The normalized spacial score (nSPS) is 20.8. The van der Waals surface area contributed by atoms with Crippen molar-refractivity contribution in [1.82, 2.24) is 15.0 Å². The van der Waals surface area contributed by atoms with Gasteiger partial charge in [0.25, 0.3) is 0 Å². The van der Waals surface area contributed by atoms with Gasteiger partial charge in [-0.2, -0.15) is 4.98 Å². The van der Waals surface area contributed by atoms with Gasteiger partial charge in [0, 0.05) is 11.8 Å². The zero-order valence-corrected chi connectivity index (χ0v) is 17.8. The fraction of sp³-hybridized carbons (Fsp3) is 0.208. The van der Waals surface area contributed by atoms with Crippen molar-refractivity contribution in [2.45, 2.75) is 19.3 Å². The smallest absolute Gasteiger partial charge is 0.354 e. The van der Waals surface area contributed by atoms with E-state index in [4.69, 9.17) is 4.74 Å². The second kappa shape index (κ2) is 8.97. The van der Waals surface area contributed by atoms with Gasteiger partial charge in [0.15, 0.2) is 5.70 Å². The van der Waals surface area contributed by atoms with Crippen LogP contribution in [-0.2, 0) is 4.79 Å². The van der Waals surface area contributed by atoms with E-state index in [0.717, 1.165) is 25.7 Å². The van der Waals surface area contributed by atoms with Crippen molar-refractivity contribution in [3.63, 3.8) is 0 Å². The fourth-order valence-electron chi connectivity index (χ4n) is 4.09. The monoisotopic (exact) mass is 445 g/mol. The third-order valence-corrected chi connectivity index (χ3v) is 5.69. The zero-order chi connectivity index (χ0) is 22.7. The summed E-state index contributed by atoms with van der Waals surface area (Å²) in [6, 6.07) is 17.0. The minimum atomic E-state index is -0.450. The molecule has 33 heavy (non-hydrogen) atoms. The van der Waals surface area contributed by atoms with Gasteiger partial charge >= 0.3 is 12.4 Å². The number of rotatable bonds is 6. The number of halogens is 1. The molecule has 1 unspecified atom stereocenters. The van der Waals surface area contributed by atoms with Gasteiger partial charge in [0.05, 0.1) is 18.3 Å². The number of aromatic nitrogens is 2. The largest absolute Gasteiger partial charge is 0.424 e. The number of carbonyl (C=O) groups excluding carboxylic acids is 1. The van der Waals surface area contributed by atoms with Crippen molar-refractivity contribution in [3.8, 4) is 11.8 Å². The zero-order valence-electron chi connectivity index (χ0n) is 17.8. The molecular formula is C24H22FN6O2+. The lowest BCUT2D eigenvalue weighted by molar-refractivity contribution is -0.908. The standard InChI is InChI=1S/C24H22FN6O2/c25-19-11-9-18(10-12-19)22-23(31(17-32,29-28-22)30-15-5-2-6-16-30)21-13-14-26-24(27-21)33-20-7-3-1-4-8-20/h1,3-4,7-14,17H,2,5-6,15-16H2/q+1. The first-order valence-electron chi connectivity index (χ1n) is 10.8. The molecule has 0 saturated carbocycles. The molecule has 1 atom stereocenters. The highest BCUT2D eigenvalue weighted by atomic mass is 19.1. The summed E-state index contributed by atoms with van der Waals surface area (Å²) in [5, 5.41) is 10.8. The van der Waals surface area contributed by atoms with Crippen LogP contribution in [-0.4, -0.2) is 39.2 Å². The van der Waals surface area contributed by atoms with E-state index in [0.29, 0.717) is 41.5 Å². The number of benzene rings is 2. The Bertz CT molecular complexity index is 1210. The van der Waals surface area contributed by atoms with Crippen molar-refractivity contribution in [3.05, 3.63) is 83.9 Å². The number of hydrogen-bond acceptors (Lipinski definition) is 7. The number of para-hydroxylation sites is 1. The van der Waals surface area contributed by atoms with Crippen molar-refractivity contribution in [2.24, 2.45) is 10.3 Å². The maximum Gasteiger partial charge on any atom is 0.354 e. The quantitative estimate of drug-likeness (QED) is 0.395. The topological polar surface area (TPSA) is 80.0 Å². The Morgan fingerprint density at radius 2 is 1.73 bits per heavy atom. The van der Waals surface area contributed by atoms with Gasteiger partial charge in [-0.15, -0.1) is 5.01 Å². The molecule has 0 aliphatic carbocycles. The van der Waals surface area contributed by atoms with Gasteiger partial charge in [-0.25, -0.2) is 14.2 Å². The van der Waals surface area contributed by atoms with Gasteiger partial charge in [0.1, 0.15) is 17.3 Å². The molecule has 1 amide bonds. The first-order chi connectivity index (χ1) is 16.2. The van der Waals surface area contributed by atoms with Gasteiger partial charge in [-0.3, -0.25) is 0 Å². The highest BCUT2D eigenvalue weighted by Crippen LogP contribution is 2.42. The lowest BCUT2D eigenvalue weighted by Gasteiger charge is -2.34. The summed E-state index contributed by atoms with van der Waals surface area (Å²) in [5.74, 6) is 0.235. The van der Waals surface area contributed by atoms with Gasteiger partial charge in [-0.05, 0) is 60.0 Å². The Balaban J connectivity index is 1.63. The van der Waals surface area contributed by atoms with Crippen LogP contribution >= 0.6 is 0 Å². The fourth-order valence-corrected chi connectivity index (χ4v) is 4.09. The first-order valence-corrected chi connectivity index (χ1v) is 10.8. The summed E-state index contributed by atoms with van der Waals surface area (Å²) in [4.78, 5) is 21.4. The molecule has 0 spiro atoms. The van der Waals surface area contributed by atoms with E-state index in [2.05, 4.69) is 20.3 Å². The molecule has 2 aliphatic rings. The second-order valence-corrected chi connectivity index (χ2v) is 7.80. The molecule has 0 bridgehead atoms. The summed E-state index contributed by atoms with van der Waals surface area (Å²) in [5.41, 5.74) is 2.03. The van der Waals surface area contributed by atoms with Crippen LogP contribution < -0.4 is 4.74 Å². The average Bonchev–Trinajstić information content (AvgIpc) is 3.27. The van der Waals surface area contributed by atoms with E-state index < -0.39 is 4.70 Å². The summed E-state index contributed by atoms with van der Waals surface area (Å²) in [6.07, 6.45) is 5.34. The number of piperidine rings is 1. The number of carbonyl (C=O) groups is 1. The third-order valence-electron chi connectivity index (χ3n) is 5.69. The number of amides is 1. The van der Waals surface area contributed by atoms with Crippen LogP contribution in [0.2, 0.25) is 0 Å². The molecule has 0 N–H and O–H groups in total. The molecule has 3 heterocycles. The van der Waals surface area contributed by atoms with Crippen molar-refractivity contribution in [1.29, 1.82) is 0 Å².